The van der Waals surface area contributed by atoms with Crippen LogP contribution in [0.1, 0.15) is 59.2 Å². The average molecular weight is 281 g/mol. The zero-order chi connectivity index (χ0) is 15.0. The molecule has 0 aromatic carbocycles. The first-order valence-corrected chi connectivity index (χ1v) is 7.95. The van der Waals surface area contributed by atoms with Crippen LogP contribution in [0.25, 0.3) is 0 Å². The van der Waals surface area contributed by atoms with Crippen LogP contribution in [-0.4, -0.2) is 20.8 Å². The van der Waals surface area contributed by atoms with E-state index in [-0.39, 0.29) is 6.04 Å². The number of nitrogens with one attached hydrogen (secondary N) is 1. The Labute approximate surface area is 123 Å². The second-order valence-corrected chi connectivity index (χ2v) is 6.07. The monoisotopic (exact) mass is 281 g/mol. The lowest BCUT2D eigenvalue weighted by Crippen LogP contribution is -2.43. The van der Waals surface area contributed by atoms with Crippen molar-refractivity contribution in [2.24, 2.45) is 17.7 Å². The van der Waals surface area contributed by atoms with Gasteiger partial charge >= 0.3 is 0 Å². The van der Waals surface area contributed by atoms with Crippen molar-refractivity contribution >= 4 is 0 Å². The number of hydrogen-bond acceptors (Lipinski definition) is 4. The number of hydrazine groups is 1. The fourth-order valence-corrected chi connectivity index (χ4v) is 2.79. The smallest absolute Gasteiger partial charge is 0.138 e. The number of rotatable bonds is 10. The molecule has 1 rings (SSSR count). The second kappa shape index (κ2) is 9.08. The second-order valence-electron chi connectivity index (χ2n) is 6.07. The first kappa shape index (κ1) is 17.1. The Morgan fingerprint density at radius 1 is 1.25 bits per heavy atom. The quantitative estimate of drug-likeness (QED) is 0.511. The Hall–Kier alpha value is -0.940. The van der Waals surface area contributed by atoms with Gasteiger partial charge in [0.25, 0.3) is 0 Å². The van der Waals surface area contributed by atoms with Crippen molar-refractivity contribution in [3.63, 3.8) is 0 Å². The third kappa shape index (κ3) is 5.21. The van der Waals surface area contributed by atoms with Crippen LogP contribution in [-0.2, 0) is 13.0 Å². The molecule has 0 spiro atoms. The van der Waals surface area contributed by atoms with Crippen LogP contribution < -0.4 is 11.3 Å². The third-order valence-electron chi connectivity index (χ3n) is 3.74. The summed E-state index contributed by atoms with van der Waals surface area (Å²) in [7, 11) is 0. The van der Waals surface area contributed by atoms with Crippen molar-refractivity contribution in [2.75, 3.05) is 0 Å². The van der Waals surface area contributed by atoms with Crippen LogP contribution in [0.4, 0.5) is 0 Å². The fraction of sp³-hybridized carbons (Fsp3) is 0.867. The minimum Gasteiger partial charge on any atom is -0.271 e. The molecule has 0 fully saturated rings. The third-order valence-corrected chi connectivity index (χ3v) is 3.74. The average Bonchev–Trinajstić information content (AvgIpc) is 2.82. The molecule has 3 N–H and O–H groups in total. The maximum atomic E-state index is 5.79. The summed E-state index contributed by atoms with van der Waals surface area (Å²) < 4.78 is 2.02. The first-order chi connectivity index (χ1) is 9.62. The Morgan fingerprint density at radius 2 is 1.90 bits per heavy atom. The van der Waals surface area contributed by atoms with Crippen LogP contribution in [0, 0.1) is 11.8 Å². The Bertz CT molecular complexity index is 355. The summed E-state index contributed by atoms with van der Waals surface area (Å²) in [5, 5.41) is 4.33. The Morgan fingerprint density at radius 3 is 2.40 bits per heavy atom. The van der Waals surface area contributed by atoms with Gasteiger partial charge in [0.2, 0.25) is 0 Å². The Kier molecular flexibility index (Phi) is 7.77. The predicted octanol–water partition coefficient (Wildman–Crippen LogP) is 2.52. The molecule has 0 saturated carbocycles. The normalized spacial score (nSPS) is 13.3. The first-order valence-electron chi connectivity index (χ1n) is 7.95. The highest BCUT2D eigenvalue weighted by Gasteiger charge is 2.21. The molecule has 0 bridgehead atoms. The number of aromatic nitrogens is 3. The zero-order valence-corrected chi connectivity index (χ0v) is 13.5. The SMILES string of the molecule is CCCC(CCC)C(Cc1ncnn1CC(C)C)NN. The molecule has 20 heavy (non-hydrogen) atoms. The van der Waals surface area contributed by atoms with Gasteiger partial charge in [-0.2, -0.15) is 5.10 Å². The molecule has 0 amide bonds. The highest BCUT2D eigenvalue weighted by atomic mass is 15.3. The predicted molar refractivity (Wildman–Crippen MR) is 83.0 cm³/mol. The van der Waals surface area contributed by atoms with E-state index in [1.165, 1.54) is 25.7 Å². The van der Waals surface area contributed by atoms with E-state index >= 15 is 0 Å². The van der Waals surface area contributed by atoms with Crippen LogP contribution in [0.5, 0.6) is 0 Å². The van der Waals surface area contributed by atoms with Crippen LogP contribution in [0.15, 0.2) is 6.33 Å². The van der Waals surface area contributed by atoms with Crippen molar-refractivity contribution in [2.45, 2.75) is 72.4 Å². The van der Waals surface area contributed by atoms with Crippen LogP contribution in [0.3, 0.4) is 0 Å². The molecule has 1 aromatic heterocycles. The maximum Gasteiger partial charge on any atom is 0.138 e. The summed E-state index contributed by atoms with van der Waals surface area (Å²) in [5.74, 6) is 8.02. The minimum absolute atomic E-state index is 0.282. The molecule has 1 aromatic rings. The van der Waals surface area contributed by atoms with E-state index in [0.717, 1.165) is 18.8 Å². The number of nitrogens with zero attached hydrogens (tertiary/aromatic N) is 3. The summed E-state index contributed by atoms with van der Waals surface area (Å²) in [6, 6.07) is 0.282. The molecule has 0 aliphatic carbocycles. The molecule has 0 saturated heterocycles. The van der Waals surface area contributed by atoms with Gasteiger partial charge in [0.15, 0.2) is 0 Å². The van der Waals surface area contributed by atoms with E-state index in [9.17, 15) is 0 Å². The van der Waals surface area contributed by atoms with E-state index in [1.807, 2.05) is 4.68 Å². The summed E-state index contributed by atoms with van der Waals surface area (Å²) in [6.45, 7) is 9.77. The Balaban J connectivity index is 2.73. The van der Waals surface area contributed by atoms with Crippen LogP contribution in [0.2, 0.25) is 0 Å². The molecule has 0 radical (unpaired) electrons. The van der Waals surface area contributed by atoms with Crippen molar-refractivity contribution in [3.8, 4) is 0 Å². The van der Waals surface area contributed by atoms with Gasteiger partial charge in [0, 0.05) is 19.0 Å². The van der Waals surface area contributed by atoms with Gasteiger partial charge in [0.05, 0.1) is 0 Å². The van der Waals surface area contributed by atoms with E-state index in [2.05, 4.69) is 43.2 Å². The molecule has 0 aliphatic heterocycles. The minimum atomic E-state index is 0.282. The van der Waals surface area contributed by atoms with Crippen molar-refractivity contribution in [1.29, 1.82) is 0 Å². The molecule has 1 unspecified atom stereocenters. The van der Waals surface area contributed by atoms with Gasteiger partial charge in [-0.3, -0.25) is 11.3 Å². The fourth-order valence-electron chi connectivity index (χ4n) is 2.79. The van der Waals surface area contributed by atoms with Gasteiger partial charge in [-0.05, 0) is 24.7 Å². The largest absolute Gasteiger partial charge is 0.271 e. The summed E-state index contributed by atoms with van der Waals surface area (Å²) in [6.07, 6.45) is 7.32. The van der Waals surface area contributed by atoms with Gasteiger partial charge in [-0.1, -0.05) is 40.5 Å². The van der Waals surface area contributed by atoms with Crippen molar-refractivity contribution in [3.05, 3.63) is 12.2 Å². The lowest BCUT2D eigenvalue weighted by molar-refractivity contribution is 0.303. The van der Waals surface area contributed by atoms with Crippen molar-refractivity contribution in [1.82, 2.24) is 20.2 Å². The van der Waals surface area contributed by atoms with Gasteiger partial charge in [-0.15, -0.1) is 0 Å². The molecular formula is C15H31N5. The zero-order valence-electron chi connectivity index (χ0n) is 13.5. The number of hydrogen-bond donors (Lipinski definition) is 2. The van der Waals surface area contributed by atoms with Gasteiger partial charge in [0.1, 0.15) is 12.2 Å². The molecular weight excluding hydrogens is 250 g/mol. The topological polar surface area (TPSA) is 68.8 Å². The molecule has 1 heterocycles. The van der Waals surface area contributed by atoms with E-state index in [1.54, 1.807) is 6.33 Å². The standard InChI is InChI=1S/C15H31N5/c1-5-7-13(8-6-2)14(19-16)9-15-17-11-18-20(15)10-12(3)4/h11-14,19H,5-10,16H2,1-4H3. The van der Waals surface area contributed by atoms with Crippen LogP contribution >= 0.6 is 0 Å². The van der Waals surface area contributed by atoms with Gasteiger partial charge in [-0.25, -0.2) is 9.67 Å². The summed E-state index contributed by atoms with van der Waals surface area (Å²) in [5.41, 5.74) is 3.01. The summed E-state index contributed by atoms with van der Waals surface area (Å²) in [4.78, 5) is 4.42. The summed E-state index contributed by atoms with van der Waals surface area (Å²) >= 11 is 0. The maximum absolute atomic E-state index is 5.79. The van der Waals surface area contributed by atoms with E-state index in [0.29, 0.717) is 11.8 Å². The van der Waals surface area contributed by atoms with E-state index < -0.39 is 0 Å². The molecule has 5 heteroatoms. The molecule has 116 valence electrons. The van der Waals surface area contributed by atoms with Gasteiger partial charge < -0.3 is 0 Å². The number of nitrogens with two attached hydrogens (primary N) is 1. The van der Waals surface area contributed by atoms with Crippen molar-refractivity contribution < 1.29 is 0 Å². The molecule has 5 nitrogen and oxygen atoms in total. The van der Waals surface area contributed by atoms with E-state index in [4.69, 9.17) is 5.84 Å². The lowest BCUT2D eigenvalue weighted by atomic mass is 9.88. The highest BCUT2D eigenvalue weighted by Crippen LogP contribution is 2.20. The lowest BCUT2D eigenvalue weighted by Gasteiger charge is -2.26. The highest BCUT2D eigenvalue weighted by molar-refractivity contribution is 4.92. The molecule has 1 atom stereocenters. The molecule has 0 aliphatic rings.